The molecule has 158 valence electrons. The van der Waals surface area contributed by atoms with E-state index in [1.54, 1.807) is 43.3 Å². The summed E-state index contributed by atoms with van der Waals surface area (Å²) in [7, 11) is 0. The molecule has 0 aromatic heterocycles. The van der Waals surface area contributed by atoms with Crippen molar-refractivity contribution in [2.24, 2.45) is 5.73 Å². The van der Waals surface area contributed by atoms with Gasteiger partial charge in [-0.25, -0.2) is 0 Å². The third-order valence-corrected chi connectivity index (χ3v) is 5.59. The van der Waals surface area contributed by atoms with Crippen LogP contribution in [0.15, 0.2) is 83.8 Å². The van der Waals surface area contributed by atoms with Crippen LogP contribution in [0.2, 0.25) is 0 Å². The van der Waals surface area contributed by atoms with E-state index in [0.717, 1.165) is 10.5 Å². The fraction of sp³-hybridized carbons (Fsp3) is 0.125. The highest BCUT2D eigenvalue weighted by molar-refractivity contribution is 8.00. The van der Waals surface area contributed by atoms with Gasteiger partial charge in [0.15, 0.2) is 0 Å². The van der Waals surface area contributed by atoms with Crippen LogP contribution >= 0.6 is 11.8 Å². The maximum absolute atomic E-state index is 12.5. The van der Waals surface area contributed by atoms with Crippen LogP contribution in [-0.4, -0.2) is 23.0 Å². The molecule has 6 nitrogen and oxygen atoms in total. The number of benzene rings is 3. The van der Waals surface area contributed by atoms with E-state index in [1.807, 2.05) is 42.5 Å². The average Bonchev–Trinajstić information content (AvgIpc) is 2.76. The molecule has 31 heavy (non-hydrogen) atoms. The molecule has 1 unspecified atom stereocenters. The Bertz CT molecular complexity index is 1070. The first-order valence-corrected chi connectivity index (χ1v) is 10.6. The molecule has 0 aliphatic rings. The summed E-state index contributed by atoms with van der Waals surface area (Å²) in [5, 5.41) is 5.22. The number of amides is 3. The molecule has 3 aromatic rings. The van der Waals surface area contributed by atoms with E-state index >= 15 is 0 Å². The lowest BCUT2D eigenvalue weighted by molar-refractivity contribution is -0.116. The van der Waals surface area contributed by atoms with Crippen LogP contribution in [0.3, 0.4) is 0 Å². The summed E-state index contributed by atoms with van der Waals surface area (Å²) in [6.07, 6.45) is 0.307. The number of hydrogen-bond donors (Lipinski definition) is 3. The van der Waals surface area contributed by atoms with Gasteiger partial charge in [-0.1, -0.05) is 42.5 Å². The lowest BCUT2D eigenvalue weighted by atomic mass is 10.1. The van der Waals surface area contributed by atoms with E-state index in [0.29, 0.717) is 17.8 Å². The highest BCUT2D eigenvalue weighted by atomic mass is 32.2. The molecule has 0 aliphatic heterocycles. The summed E-state index contributed by atoms with van der Waals surface area (Å²) < 4.78 is 0. The Morgan fingerprint density at radius 1 is 0.871 bits per heavy atom. The highest BCUT2D eigenvalue weighted by Crippen LogP contribution is 2.26. The van der Waals surface area contributed by atoms with E-state index in [4.69, 9.17) is 5.73 Å². The highest BCUT2D eigenvalue weighted by Gasteiger charge is 2.17. The van der Waals surface area contributed by atoms with Gasteiger partial charge in [0, 0.05) is 10.6 Å². The summed E-state index contributed by atoms with van der Waals surface area (Å²) in [5.74, 6) is -0.924. The predicted molar refractivity (Wildman–Crippen MR) is 124 cm³/mol. The van der Waals surface area contributed by atoms with Gasteiger partial charge in [-0.2, -0.15) is 0 Å². The van der Waals surface area contributed by atoms with Crippen molar-refractivity contribution in [2.45, 2.75) is 23.5 Å². The van der Waals surface area contributed by atoms with Crippen molar-refractivity contribution >= 4 is 40.9 Å². The predicted octanol–water partition coefficient (Wildman–Crippen LogP) is 4.09. The second-order valence-electron chi connectivity index (χ2n) is 6.89. The zero-order valence-corrected chi connectivity index (χ0v) is 17.8. The van der Waals surface area contributed by atoms with Crippen LogP contribution in [0.5, 0.6) is 0 Å². The topological polar surface area (TPSA) is 101 Å². The molecular weight excluding hydrogens is 410 g/mol. The molecule has 0 fully saturated rings. The van der Waals surface area contributed by atoms with Crippen molar-refractivity contribution < 1.29 is 14.4 Å². The molecule has 0 bridgehead atoms. The summed E-state index contributed by atoms with van der Waals surface area (Å²) in [4.78, 5) is 37.1. The van der Waals surface area contributed by atoms with Crippen LogP contribution in [0.1, 0.15) is 22.8 Å². The number of primary amides is 1. The monoisotopic (exact) mass is 433 g/mol. The van der Waals surface area contributed by atoms with Gasteiger partial charge in [0.1, 0.15) is 0 Å². The number of nitrogens with one attached hydrogen (secondary N) is 2. The molecule has 0 saturated carbocycles. The number of anilines is 2. The smallest absolute Gasteiger partial charge is 0.250 e. The van der Waals surface area contributed by atoms with Crippen molar-refractivity contribution in [3.63, 3.8) is 0 Å². The Labute approximate surface area is 185 Å². The minimum atomic E-state index is -0.596. The quantitative estimate of drug-likeness (QED) is 0.466. The number of nitrogens with two attached hydrogens (primary N) is 1. The standard InChI is InChI=1S/C24H23N3O3S/c1-16(24(30)27-21-10-6-5-9-20(21)23(25)29)31-19-13-11-18(12-14-19)26-22(28)15-17-7-3-2-4-8-17/h2-14,16H,15H2,1H3,(H2,25,29)(H,26,28)(H,27,30). The number of hydrogen-bond acceptors (Lipinski definition) is 4. The van der Waals surface area contributed by atoms with Crippen LogP contribution < -0.4 is 16.4 Å². The number of carbonyl (C=O) groups is 3. The molecular formula is C24H23N3O3S. The Morgan fingerprint density at radius 2 is 1.52 bits per heavy atom. The third kappa shape index (κ3) is 6.45. The first-order valence-electron chi connectivity index (χ1n) is 9.72. The van der Waals surface area contributed by atoms with E-state index in [9.17, 15) is 14.4 Å². The summed E-state index contributed by atoms with van der Waals surface area (Å²) in [6.45, 7) is 1.78. The Hall–Kier alpha value is -3.58. The molecule has 3 amide bonds. The van der Waals surface area contributed by atoms with Gasteiger partial charge in [0.2, 0.25) is 11.8 Å². The maximum Gasteiger partial charge on any atom is 0.250 e. The molecule has 1 atom stereocenters. The van der Waals surface area contributed by atoms with Crippen molar-refractivity contribution in [1.29, 1.82) is 0 Å². The second-order valence-corrected chi connectivity index (χ2v) is 8.31. The second kappa shape index (κ2) is 10.4. The molecule has 3 rings (SSSR count). The van der Waals surface area contributed by atoms with Gasteiger partial charge >= 0.3 is 0 Å². The third-order valence-electron chi connectivity index (χ3n) is 4.48. The van der Waals surface area contributed by atoms with Gasteiger partial charge in [-0.3, -0.25) is 14.4 Å². The lowest BCUT2D eigenvalue weighted by Crippen LogP contribution is -2.24. The summed E-state index contributed by atoms with van der Waals surface area (Å²) in [6, 6.07) is 23.5. The molecule has 0 radical (unpaired) electrons. The van der Waals surface area contributed by atoms with Crippen molar-refractivity contribution in [3.05, 3.63) is 90.0 Å². The van der Waals surface area contributed by atoms with Crippen molar-refractivity contribution in [1.82, 2.24) is 0 Å². The van der Waals surface area contributed by atoms with Gasteiger partial charge in [-0.05, 0) is 48.9 Å². The number of rotatable bonds is 8. The van der Waals surface area contributed by atoms with Crippen molar-refractivity contribution in [2.75, 3.05) is 10.6 Å². The molecule has 0 heterocycles. The fourth-order valence-electron chi connectivity index (χ4n) is 2.90. The minimum Gasteiger partial charge on any atom is -0.366 e. The summed E-state index contributed by atoms with van der Waals surface area (Å²) in [5.41, 5.74) is 7.66. The fourth-order valence-corrected chi connectivity index (χ4v) is 3.77. The van der Waals surface area contributed by atoms with Gasteiger partial charge in [-0.15, -0.1) is 11.8 Å². The zero-order valence-electron chi connectivity index (χ0n) is 17.0. The normalized spacial score (nSPS) is 11.4. The van der Waals surface area contributed by atoms with Crippen molar-refractivity contribution in [3.8, 4) is 0 Å². The van der Waals surface area contributed by atoms with E-state index in [-0.39, 0.29) is 17.4 Å². The lowest BCUT2D eigenvalue weighted by Gasteiger charge is -2.14. The number of thioether (sulfide) groups is 1. The Kier molecular flexibility index (Phi) is 7.45. The number of carbonyl (C=O) groups excluding carboxylic acids is 3. The maximum atomic E-state index is 12.5. The van der Waals surface area contributed by atoms with Crippen LogP contribution in [0, 0.1) is 0 Å². The minimum absolute atomic E-state index is 0.0903. The largest absolute Gasteiger partial charge is 0.366 e. The van der Waals surface area contributed by atoms with E-state index in [1.165, 1.54) is 11.8 Å². The van der Waals surface area contributed by atoms with Gasteiger partial charge < -0.3 is 16.4 Å². The molecule has 4 N–H and O–H groups in total. The number of para-hydroxylation sites is 1. The average molecular weight is 434 g/mol. The SMILES string of the molecule is CC(Sc1ccc(NC(=O)Cc2ccccc2)cc1)C(=O)Nc1ccccc1C(N)=O. The Morgan fingerprint density at radius 3 is 2.19 bits per heavy atom. The summed E-state index contributed by atoms with van der Waals surface area (Å²) >= 11 is 1.37. The molecule has 0 spiro atoms. The molecule has 0 aliphatic carbocycles. The zero-order chi connectivity index (χ0) is 22.2. The van der Waals surface area contributed by atoms with Gasteiger partial charge in [0.25, 0.3) is 5.91 Å². The van der Waals surface area contributed by atoms with E-state index < -0.39 is 11.2 Å². The molecule has 3 aromatic carbocycles. The van der Waals surface area contributed by atoms with Gasteiger partial charge in [0.05, 0.1) is 22.9 Å². The van der Waals surface area contributed by atoms with E-state index in [2.05, 4.69) is 10.6 Å². The first-order chi connectivity index (χ1) is 14.9. The molecule has 7 heteroatoms. The first kappa shape index (κ1) is 22.1. The van der Waals surface area contributed by atoms with Crippen LogP contribution in [-0.2, 0) is 16.0 Å². The van der Waals surface area contributed by atoms with Crippen LogP contribution in [0.25, 0.3) is 0 Å². The van der Waals surface area contributed by atoms with Crippen LogP contribution in [0.4, 0.5) is 11.4 Å². The Balaban J connectivity index is 1.55. The molecule has 0 saturated heterocycles.